The highest BCUT2D eigenvalue weighted by atomic mass is 19.4. The summed E-state index contributed by atoms with van der Waals surface area (Å²) in [6.45, 7) is 2.37. The Bertz CT molecular complexity index is 1440. The van der Waals surface area contributed by atoms with E-state index in [1.54, 1.807) is 12.3 Å². The van der Waals surface area contributed by atoms with Gasteiger partial charge in [-0.25, -0.2) is 9.97 Å². The second-order valence-electron chi connectivity index (χ2n) is 10.4. The maximum absolute atomic E-state index is 13.3. The maximum atomic E-state index is 13.3. The van der Waals surface area contributed by atoms with Crippen LogP contribution in [0.5, 0.6) is 11.5 Å². The summed E-state index contributed by atoms with van der Waals surface area (Å²) in [5.74, 6) is 1.53. The molecule has 1 aliphatic carbocycles. The number of pyridine rings is 2. The van der Waals surface area contributed by atoms with Crippen LogP contribution in [-0.4, -0.2) is 59.6 Å². The van der Waals surface area contributed by atoms with Gasteiger partial charge in [0.25, 0.3) is 5.69 Å². The number of rotatable bonds is 8. The molecule has 3 heterocycles. The zero-order valence-corrected chi connectivity index (χ0v) is 23.1. The fourth-order valence-corrected chi connectivity index (χ4v) is 5.33. The lowest BCUT2D eigenvalue weighted by molar-refractivity contribution is -0.388. The normalized spacial score (nSPS) is 19.4. The molecule has 236 valence electrons. The van der Waals surface area contributed by atoms with Crippen molar-refractivity contribution in [3.05, 3.63) is 70.5 Å². The second kappa shape index (κ2) is 12.6. The van der Waals surface area contributed by atoms with Gasteiger partial charge in [0.1, 0.15) is 28.7 Å². The third-order valence-corrected chi connectivity index (χ3v) is 7.45. The van der Waals surface area contributed by atoms with Crippen molar-refractivity contribution in [2.45, 2.75) is 50.4 Å². The van der Waals surface area contributed by atoms with Gasteiger partial charge in [-0.2, -0.15) is 13.2 Å². The first-order chi connectivity index (χ1) is 20.8. The van der Waals surface area contributed by atoms with Gasteiger partial charge in [0.2, 0.25) is 0 Å². The molecule has 2 fully saturated rings. The highest BCUT2D eigenvalue weighted by Gasteiger charge is 2.38. The Morgan fingerprint density at radius 1 is 0.841 bits per heavy atom. The maximum Gasteiger partial charge on any atom is 0.573 e. The quantitative estimate of drug-likeness (QED) is 0.172. The number of aromatic nitrogens is 2. The van der Waals surface area contributed by atoms with E-state index in [0.29, 0.717) is 63.4 Å². The Kier molecular flexibility index (Phi) is 8.87. The van der Waals surface area contributed by atoms with Crippen molar-refractivity contribution >= 4 is 23.0 Å². The molecule has 1 saturated carbocycles. The highest BCUT2D eigenvalue weighted by Crippen LogP contribution is 2.38. The highest BCUT2D eigenvalue weighted by molar-refractivity contribution is 5.55. The Morgan fingerprint density at radius 2 is 1.52 bits per heavy atom. The van der Waals surface area contributed by atoms with Gasteiger partial charge in [-0.3, -0.25) is 10.1 Å². The number of anilines is 3. The number of halogens is 6. The summed E-state index contributed by atoms with van der Waals surface area (Å²) in [6.07, 6.45) is -4.43. The van der Waals surface area contributed by atoms with Crippen LogP contribution in [0, 0.1) is 10.1 Å². The third kappa shape index (κ3) is 7.90. The number of nitro benzene ring substituents is 1. The number of hydrogen-bond donors (Lipinski definition) is 1. The summed E-state index contributed by atoms with van der Waals surface area (Å²) in [5, 5.41) is 14.1. The Labute approximate surface area is 247 Å². The van der Waals surface area contributed by atoms with Crippen LogP contribution in [0.3, 0.4) is 0 Å². The van der Waals surface area contributed by atoms with Crippen molar-refractivity contribution in [3.63, 3.8) is 0 Å². The van der Waals surface area contributed by atoms with Gasteiger partial charge in [-0.05, 0) is 56.0 Å². The first-order valence-electron chi connectivity index (χ1n) is 13.8. The molecule has 0 unspecified atom stereocenters. The molecule has 1 aliphatic heterocycles. The zero-order chi connectivity index (χ0) is 31.5. The number of nitrogens with zero attached hydrogens (tertiary/aromatic N) is 5. The summed E-state index contributed by atoms with van der Waals surface area (Å²) in [7, 11) is 0. The average molecular weight is 627 g/mol. The number of hydrogen-bond acceptors (Lipinski definition) is 9. The molecular weight excluding hydrogens is 598 g/mol. The van der Waals surface area contributed by atoms with Gasteiger partial charge in [0.15, 0.2) is 0 Å². The Hall–Kier alpha value is -4.50. The fourth-order valence-electron chi connectivity index (χ4n) is 5.33. The molecule has 0 amide bonds. The van der Waals surface area contributed by atoms with Crippen LogP contribution >= 0.6 is 0 Å². The van der Waals surface area contributed by atoms with E-state index >= 15 is 0 Å². The first kappa shape index (κ1) is 30.9. The Balaban J connectivity index is 1.11. The predicted molar refractivity (Wildman–Crippen MR) is 148 cm³/mol. The molecule has 0 bridgehead atoms. The summed E-state index contributed by atoms with van der Waals surface area (Å²) >= 11 is 0. The molecular formula is C28H28F6N6O4. The van der Waals surface area contributed by atoms with Crippen LogP contribution in [0.25, 0.3) is 0 Å². The topological polar surface area (TPSA) is 106 Å². The number of ether oxygens (including phenoxy) is 2. The first-order valence-corrected chi connectivity index (χ1v) is 13.8. The van der Waals surface area contributed by atoms with E-state index in [2.05, 4.69) is 24.9 Å². The van der Waals surface area contributed by atoms with Crippen molar-refractivity contribution in [1.29, 1.82) is 0 Å². The number of nitrogens with one attached hydrogen (secondary N) is 1. The molecule has 0 radical (unpaired) electrons. The van der Waals surface area contributed by atoms with E-state index in [0.717, 1.165) is 24.1 Å². The van der Waals surface area contributed by atoms with E-state index < -0.39 is 28.7 Å². The van der Waals surface area contributed by atoms with Crippen molar-refractivity contribution in [1.82, 2.24) is 9.97 Å². The van der Waals surface area contributed by atoms with Crippen LogP contribution in [0.1, 0.15) is 31.2 Å². The molecule has 2 aliphatic rings. The lowest BCUT2D eigenvalue weighted by Gasteiger charge is -2.36. The molecule has 10 nitrogen and oxygen atoms in total. The summed E-state index contributed by atoms with van der Waals surface area (Å²) in [6, 6.07) is 9.14. The molecule has 5 rings (SSSR count). The number of benzene rings is 1. The molecule has 2 aromatic heterocycles. The number of piperazine rings is 1. The van der Waals surface area contributed by atoms with Crippen molar-refractivity contribution in [3.8, 4) is 11.5 Å². The van der Waals surface area contributed by atoms with E-state index in [4.69, 9.17) is 4.74 Å². The third-order valence-electron chi connectivity index (χ3n) is 7.45. The van der Waals surface area contributed by atoms with Crippen molar-refractivity contribution < 1.29 is 40.7 Å². The molecule has 1 saturated heterocycles. The average Bonchev–Trinajstić information content (AvgIpc) is 2.97. The summed E-state index contributed by atoms with van der Waals surface area (Å²) < 4.78 is 87.2. The molecule has 0 spiro atoms. The monoisotopic (exact) mass is 626 g/mol. The Morgan fingerprint density at radius 3 is 2.11 bits per heavy atom. The zero-order valence-electron chi connectivity index (χ0n) is 23.1. The lowest BCUT2D eigenvalue weighted by atomic mass is 9.92. The molecule has 3 aromatic rings. The number of nitro groups is 1. The van der Waals surface area contributed by atoms with E-state index in [-0.39, 0.29) is 23.6 Å². The van der Waals surface area contributed by atoms with Crippen LogP contribution in [0.15, 0.2) is 54.9 Å². The molecule has 44 heavy (non-hydrogen) atoms. The second-order valence-corrected chi connectivity index (χ2v) is 10.4. The molecule has 0 atom stereocenters. The minimum Gasteiger partial charge on any atom is -0.490 e. The number of alkyl halides is 6. The minimum atomic E-state index is -4.84. The standard InChI is InChI=1S/C28H28F6N6O4/c29-27(30,31)23-15-19(3-7-24(23)40(41)42)37-18-1-4-20(5-2-18)43-21-9-10-35-26(16-21)39-13-11-38(12-14-39)25-8-6-22(17-36-25)44-28(32,33)34/h3,6-10,15-18,20,37H,1-2,4-5,11-14H2. The van der Waals surface area contributed by atoms with Gasteiger partial charge in [-0.15, -0.1) is 13.2 Å². The lowest BCUT2D eigenvalue weighted by Crippen LogP contribution is -2.47. The van der Waals surface area contributed by atoms with Crippen LogP contribution in [0.4, 0.5) is 49.4 Å². The summed E-state index contributed by atoms with van der Waals surface area (Å²) in [5.41, 5.74) is -2.09. The fraction of sp³-hybridized carbons (Fsp3) is 0.429. The smallest absolute Gasteiger partial charge is 0.490 e. The minimum absolute atomic E-state index is 0.0990. The van der Waals surface area contributed by atoms with Gasteiger partial charge >= 0.3 is 12.5 Å². The van der Waals surface area contributed by atoms with Crippen molar-refractivity contribution in [2.75, 3.05) is 41.3 Å². The SMILES string of the molecule is O=[N+]([O-])c1ccc(NC2CCC(Oc3ccnc(N4CCN(c5ccc(OC(F)(F)F)cn5)CC4)c3)CC2)cc1C(F)(F)F. The van der Waals surface area contributed by atoms with Gasteiger partial charge in [0.05, 0.1) is 17.2 Å². The molecule has 16 heteroatoms. The van der Waals surface area contributed by atoms with Gasteiger partial charge in [0, 0.05) is 56.2 Å². The van der Waals surface area contributed by atoms with Crippen LogP contribution in [0.2, 0.25) is 0 Å². The van der Waals surface area contributed by atoms with E-state index in [9.17, 15) is 36.5 Å². The van der Waals surface area contributed by atoms with Crippen LogP contribution < -0.4 is 24.6 Å². The molecule has 1 aromatic carbocycles. The van der Waals surface area contributed by atoms with Gasteiger partial charge in [-0.1, -0.05) is 0 Å². The van der Waals surface area contributed by atoms with Crippen molar-refractivity contribution in [2.24, 2.45) is 0 Å². The van der Waals surface area contributed by atoms with E-state index in [1.807, 2.05) is 11.0 Å². The van der Waals surface area contributed by atoms with E-state index in [1.165, 1.54) is 18.2 Å². The van der Waals surface area contributed by atoms with Gasteiger partial charge < -0.3 is 24.6 Å². The summed E-state index contributed by atoms with van der Waals surface area (Å²) in [4.78, 5) is 22.5. The predicted octanol–water partition coefficient (Wildman–Crippen LogP) is 6.43. The largest absolute Gasteiger partial charge is 0.573 e. The van der Waals surface area contributed by atoms with Crippen LogP contribution in [-0.2, 0) is 6.18 Å². The molecule has 1 N–H and O–H groups in total.